The minimum atomic E-state index is -0.262. The molecule has 4 nitrogen and oxygen atoms in total. The fourth-order valence-corrected chi connectivity index (χ4v) is 2.91. The van der Waals surface area contributed by atoms with E-state index in [1.165, 1.54) is 0 Å². The molecule has 4 heteroatoms. The van der Waals surface area contributed by atoms with Crippen LogP contribution in [0.5, 0.6) is 5.75 Å². The van der Waals surface area contributed by atoms with Gasteiger partial charge in [0, 0.05) is 6.54 Å². The van der Waals surface area contributed by atoms with Crippen molar-refractivity contribution in [2.75, 3.05) is 13.7 Å². The summed E-state index contributed by atoms with van der Waals surface area (Å²) in [6, 6.07) is 8.00. The minimum absolute atomic E-state index is 0.00773. The van der Waals surface area contributed by atoms with Crippen LogP contribution in [0, 0.1) is 0 Å². The number of nitrogens with one attached hydrogen (secondary N) is 1. The summed E-state index contributed by atoms with van der Waals surface area (Å²) in [5, 5.41) is 3.54. The van der Waals surface area contributed by atoms with E-state index >= 15 is 0 Å². The van der Waals surface area contributed by atoms with Crippen molar-refractivity contribution >= 4 is 5.91 Å². The Morgan fingerprint density at radius 1 is 1.45 bits per heavy atom. The van der Waals surface area contributed by atoms with Gasteiger partial charge in [0.25, 0.3) is 0 Å². The number of ether oxygens (including phenoxy) is 1. The van der Waals surface area contributed by atoms with E-state index in [4.69, 9.17) is 4.74 Å². The van der Waals surface area contributed by atoms with Gasteiger partial charge in [0.15, 0.2) is 0 Å². The molecule has 108 valence electrons. The Kier molecular flexibility index (Phi) is 3.42. The molecule has 1 atom stereocenters. The highest BCUT2D eigenvalue weighted by Crippen LogP contribution is 2.46. The molecule has 1 aromatic carbocycles. The van der Waals surface area contributed by atoms with Crippen molar-refractivity contribution in [3.8, 4) is 5.75 Å². The van der Waals surface area contributed by atoms with Gasteiger partial charge in [-0.15, -0.1) is 0 Å². The number of unbranched alkanes of at least 4 members (excludes halogenated alkanes) is 1. The lowest BCUT2D eigenvalue weighted by Crippen LogP contribution is -2.32. The summed E-state index contributed by atoms with van der Waals surface area (Å²) in [7, 11) is 1.67. The van der Waals surface area contributed by atoms with E-state index in [-0.39, 0.29) is 17.6 Å². The lowest BCUT2D eigenvalue weighted by Gasteiger charge is -2.24. The second-order valence-corrected chi connectivity index (χ2v) is 5.76. The smallest absolute Gasteiger partial charge is 0.244 e. The molecule has 0 aromatic heterocycles. The molecule has 2 aliphatic rings. The van der Waals surface area contributed by atoms with Crippen molar-refractivity contribution < 1.29 is 9.53 Å². The average Bonchev–Trinajstić information content (AvgIpc) is 3.21. The third kappa shape index (κ3) is 2.18. The van der Waals surface area contributed by atoms with Crippen LogP contribution in [0.3, 0.4) is 0 Å². The summed E-state index contributed by atoms with van der Waals surface area (Å²) in [5.41, 5.74) is 0.846. The largest absolute Gasteiger partial charge is 0.497 e. The van der Waals surface area contributed by atoms with Crippen LogP contribution in [0.15, 0.2) is 24.3 Å². The summed E-state index contributed by atoms with van der Waals surface area (Å²) < 4.78 is 5.29. The molecule has 1 spiro atoms. The highest BCUT2D eigenvalue weighted by atomic mass is 16.5. The third-order valence-corrected chi connectivity index (χ3v) is 4.31. The molecule has 1 aliphatic carbocycles. The predicted molar refractivity (Wildman–Crippen MR) is 77.5 cm³/mol. The van der Waals surface area contributed by atoms with E-state index < -0.39 is 0 Å². The Morgan fingerprint density at radius 2 is 2.25 bits per heavy atom. The molecule has 0 bridgehead atoms. The quantitative estimate of drug-likeness (QED) is 0.896. The molecule has 1 aliphatic heterocycles. The van der Waals surface area contributed by atoms with Crippen LogP contribution >= 0.6 is 0 Å². The van der Waals surface area contributed by atoms with Gasteiger partial charge in [0.05, 0.1) is 7.11 Å². The zero-order valence-electron chi connectivity index (χ0n) is 12.2. The fourth-order valence-electron chi connectivity index (χ4n) is 2.91. The molecule has 1 heterocycles. The number of rotatable bonds is 5. The molecule has 1 saturated heterocycles. The van der Waals surface area contributed by atoms with Crippen LogP contribution in [-0.4, -0.2) is 30.0 Å². The molecule has 1 aromatic rings. The van der Waals surface area contributed by atoms with Gasteiger partial charge >= 0.3 is 0 Å². The van der Waals surface area contributed by atoms with Crippen LogP contribution in [0.25, 0.3) is 0 Å². The number of methoxy groups -OCH3 is 1. The monoisotopic (exact) mass is 274 g/mol. The number of carbonyl (C=O) groups excluding carboxylic acids is 1. The summed E-state index contributed by atoms with van der Waals surface area (Å²) in [6.45, 7) is 2.98. The van der Waals surface area contributed by atoms with E-state index in [9.17, 15) is 4.79 Å². The highest BCUT2D eigenvalue weighted by Gasteiger charge is 2.59. The zero-order valence-corrected chi connectivity index (χ0v) is 12.2. The van der Waals surface area contributed by atoms with Crippen LogP contribution in [0.2, 0.25) is 0 Å². The van der Waals surface area contributed by atoms with E-state index in [2.05, 4.69) is 18.3 Å². The molecule has 20 heavy (non-hydrogen) atoms. The van der Waals surface area contributed by atoms with Gasteiger partial charge in [-0.05, 0) is 37.0 Å². The molecular formula is C16H22N2O2. The van der Waals surface area contributed by atoms with Gasteiger partial charge in [-0.25, -0.2) is 0 Å². The molecular weight excluding hydrogens is 252 g/mol. The first-order valence-corrected chi connectivity index (χ1v) is 7.43. The second-order valence-electron chi connectivity index (χ2n) is 5.76. The summed E-state index contributed by atoms with van der Waals surface area (Å²) in [4.78, 5) is 14.6. The van der Waals surface area contributed by atoms with Gasteiger partial charge < -0.3 is 9.64 Å². The van der Waals surface area contributed by atoms with Gasteiger partial charge in [0.2, 0.25) is 5.91 Å². The molecule has 3 rings (SSSR count). The summed E-state index contributed by atoms with van der Waals surface area (Å²) in [6.07, 6.45) is 4.07. The Labute approximate surface area is 120 Å². The first-order chi connectivity index (χ1) is 9.70. The fraction of sp³-hybridized carbons (Fsp3) is 0.562. The zero-order chi connectivity index (χ0) is 14.2. The lowest BCUT2D eigenvalue weighted by molar-refractivity contribution is -0.130. The van der Waals surface area contributed by atoms with Crippen molar-refractivity contribution in [2.24, 2.45) is 0 Å². The normalized spacial score (nSPS) is 23.4. The standard InChI is InChI=1S/C16H22N2O2/c1-3-4-10-18-14(17-16(8-9-16)15(18)19)12-6-5-7-13(11-12)20-2/h5-7,11,14,17H,3-4,8-10H2,1-2H3. The Bertz CT molecular complexity index is 511. The van der Waals surface area contributed by atoms with Crippen molar-refractivity contribution in [1.82, 2.24) is 10.2 Å². The van der Waals surface area contributed by atoms with Crippen LogP contribution in [0.1, 0.15) is 44.3 Å². The molecule has 0 radical (unpaired) electrons. The number of carbonyl (C=O) groups is 1. The number of amides is 1. The lowest BCUT2D eigenvalue weighted by atomic mass is 10.1. The van der Waals surface area contributed by atoms with E-state index in [0.29, 0.717) is 0 Å². The van der Waals surface area contributed by atoms with E-state index in [1.54, 1.807) is 7.11 Å². The Hall–Kier alpha value is -1.55. The van der Waals surface area contributed by atoms with Crippen molar-refractivity contribution in [3.63, 3.8) is 0 Å². The SMILES string of the molecule is CCCCN1C(=O)C2(CC2)NC1c1cccc(OC)c1. The van der Waals surface area contributed by atoms with Crippen molar-refractivity contribution in [2.45, 2.75) is 44.3 Å². The average molecular weight is 274 g/mol. The van der Waals surface area contributed by atoms with Crippen LogP contribution in [-0.2, 0) is 4.79 Å². The van der Waals surface area contributed by atoms with Crippen molar-refractivity contribution in [3.05, 3.63) is 29.8 Å². The molecule has 1 amide bonds. The van der Waals surface area contributed by atoms with Gasteiger partial charge in [-0.3, -0.25) is 10.1 Å². The Morgan fingerprint density at radius 3 is 2.90 bits per heavy atom. The number of hydrogen-bond donors (Lipinski definition) is 1. The molecule has 1 saturated carbocycles. The summed E-state index contributed by atoms with van der Waals surface area (Å²) >= 11 is 0. The maximum absolute atomic E-state index is 12.6. The predicted octanol–water partition coefficient (Wildman–Crippen LogP) is 2.46. The molecule has 2 fully saturated rings. The maximum atomic E-state index is 12.6. The van der Waals surface area contributed by atoms with Crippen LogP contribution in [0.4, 0.5) is 0 Å². The van der Waals surface area contributed by atoms with E-state index in [1.807, 2.05) is 23.1 Å². The van der Waals surface area contributed by atoms with Crippen LogP contribution < -0.4 is 10.1 Å². The number of nitrogens with zero attached hydrogens (tertiary/aromatic N) is 1. The second kappa shape index (κ2) is 5.09. The van der Waals surface area contributed by atoms with Gasteiger partial charge in [-0.1, -0.05) is 25.5 Å². The highest BCUT2D eigenvalue weighted by molar-refractivity contribution is 5.92. The maximum Gasteiger partial charge on any atom is 0.244 e. The molecule has 1 unspecified atom stereocenters. The van der Waals surface area contributed by atoms with Gasteiger partial charge in [-0.2, -0.15) is 0 Å². The first-order valence-electron chi connectivity index (χ1n) is 7.43. The number of hydrogen-bond acceptors (Lipinski definition) is 3. The number of benzene rings is 1. The third-order valence-electron chi connectivity index (χ3n) is 4.31. The molecule has 1 N–H and O–H groups in total. The first kappa shape index (κ1) is 13.4. The minimum Gasteiger partial charge on any atom is -0.497 e. The van der Waals surface area contributed by atoms with Gasteiger partial charge in [0.1, 0.15) is 17.5 Å². The topological polar surface area (TPSA) is 41.6 Å². The summed E-state index contributed by atoms with van der Waals surface area (Å²) in [5.74, 6) is 1.11. The Balaban J connectivity index is 1.87. The van der Waals surface area contributed by atoms with E-state index in [0.717, 1.165) is 43.5 Å². The van der Waals surface area contributed by atoms with Crippen molar-refractivity contribution in [1.29, 1.82) is 0 Å².